The fourth-order valence-corrected chi connectivity index (χ4v) is 5.33. The first-order chi connectivity index (χ1) is 21.1. The standard InChI is InChI=1S/C35H39ClF2N4O2/c1-21(2)29(39)12-9-10-22(3)19-41-35(43)26-15-14-23(18-28(26)36)42-30-13-8-6-5-7-11-25-27(20-40-34(25)30)24-16-17-31(44-4)33(38)32(24)37/h5-6,9,12-18,20-22,25,39,42H,7-8,10-11,19H2,1-4H3,(H,41,43)/b6-5-,12-9+,30-13-,39-29?/t22-,25?/m0/s1. The van der Waals surface area contributed by atoms with E-state index in [1.54, 1.807) is 24.4 Å². The minimum absolute atomic E-state index is 0.148. The Kier molecular flexibility index (Phi) is 11.3. The van der Waals surface area contributed by atoms with Gasteiger partial charge in [0.15, 0.2) is 11.6 Å². The Morgan fingerprint density at radius 1 is 1.18 bits per heavy atom. The van der Waals surface area contributed by atoms with E-state index in [1.807, 2.05) is 39.0 Å². The third kappa shape index (κ3) is 7.91. The molecule has 0 bridgehead atoms. The highest BCUT2D eigenvalue weighted by molar-refractivity contribution is 6.34. The summed E-state index contributed by atoms with van der Waals surface area (Å²) in [6.45, 7) is 6.48. The molecule has 1 amide bonds. The number of nitrogens with zero attached hydrogens (tertiary/aromatic N) is 1. The van der Waals surface area contributed by atoms with Gasteiger partial charge in [0.05, 0.1) is 29.1 Å². The van der Waals surface area contributed by atoms with Crippen molar-refractivity contribution >= 4 is 40.2 Å². The molecule has 0 aromatic heterocycles. The van der Waals surface area contributed by atoms with Crippen molar-refractivity contribution in [2.45, 2.75) is 46.5 Å². The summed E-state index contributed by atoms with van der Waals surface area (Å²) in [5, 5.41) is 14.6. The largest absolute Gasteiger partial charge is 0.494 e. The van der Waals surface area contributed by atoms with Crippen molar-refractivity contribution in [1.29, 1.82) is 5.41 Å². The molecule has 44 heavy (non-hydrogen) atoms. The van der Waals surface area contributed by atoms with Gasteiger partial charge in [-0.2, -0.15) is 4.39 Å². The van der Waals surface area contributed by atoms with Crippen LogP contribution in [0.25, 0.3) is 5.57 Å². The number of anilines is 1. The first-order valence-electron chi connectivity index (χ1n) is 14.9. The third-order valence-electron chi connectivity index (χ3n) is 7.71. The molecule has 0 saturated heterocycles. The lowest BCUT2D eigenvalue weighted by Crippen LogP contribution is -2.28. The zero-order valence-corrected chi connectivity index (χ0v) is 26.3. The Morgan fingerprint density at radius 2 is 1.98 bits per heavy atom. The second-order valence-electron chi connectivity index (χ2n) is 11.4. The molecule has 2 atom stereocenters. The molecule has 2 aliphatic rings. The van der Waals surface area contributed by atoms with Gasteiger partial charge >= 0.3 is 0 Å². The van der Waals surface area contributed by atoms with E-state index >= 15 is 4.39 Å². The van der Waals surface area contributed by atoms with E-state index in [-0.39, 0.29) is 35.0 Å². The third-order valence-corrected chi connectivity index (χ3v) is 8.02. The van der Waals surface area contributed by atoms with Crippen LogP contribution in [0.3, 0.4) is 0 Å². The van der Waals surface area contributed by atoms with Gasteiger partial charge in [0.1, 0.15) is 0 Å². The first kappa shape index (κ1) is 32.9. The fourth-order valence-electron chi connectivity index (χ4n) is 5.07. The zero-order valence-electron chi connectivity index (χ0n) is 25.5. The number of amides is 1. The van der Waals surface area contributed by atoms with Crippen LogP contribution in [0.4, 0.5) is 14.5 Å². The minimum Gasteiger partial charge on any atom is -0.494 e. The number of allylic oxidation sites excluding steroid dienone is 7. The average Bonchev–Trinajstić information content (AvgIpc) is 3.44. The summed E-state index contributed by atoms with van der Waals surface area (Å²) in [5.41, 5.74) is 3.85. The van der Waals surface area contributed by atoms with Gasteiger partial charge in [0.25, 0.3) is 5.91 Å². The van der Waals surface area contributed by atoms with Gasteiger partial charge in [-0.25, -0.2) is 4.39 Å². The van der Waals surface area contributed by atoms with E-state index in [1.165, 1.54) is 19.2 Å². The molecular weight excluding hydrogens is 582 g/mol. The second-order valence-corrected chi connectivity index (χ2v) is 11.8. The second kappa shape index (κ2) is 15.1. The van der Waals surface area contributed by atoms with Crippen molar-refractivity contribution < 1.29 is 18.3 Å². The first-order valence-corrected chi connectivity index (χ1v) is 15.2. The van der Waals surface area contributed by atoms with Crippen molar-refractivity contribution in [2.24, 2.45) is 22.7 Å². The summed E-state index contributed by atoms with van der Waals surface area (Å²) in [6, 6.07) is 8.11. The van der Waals surface area contributed by atoms with Crippen LogP contribution in [0.15, 0.2) is 77.6 Å². The quantitative estimate of drug-likeness (QED) is 0.173. The van der Waals surface area contributed by atoms with E-state index < -0.39 is 11.6 Å². The Labute approximate surface area is 263 Å². The number of rotatable bonds is 11. The topological polar surface area (TPSA) is 86.6 Å². The SMILES string of the molecule is COc1ccc(C2=CN=C3/C(Nc4ccc(C(=O)NC[C@@H](C)C/C=C/C(=N)C(C)C)c(Cl)c4)=C/C/C=C\CCC23)c(F)c1F. The number of hydrogen-bond acceptors (Lipinski definition) is 5. The molecule has 6 nitrogen and oxygen atoms in total. The number of aliphatic imine (C=N–C) groups is 1. The number of carbonyl (C=O) groups excluding carboxylic acids is 1. The smallest absolute Gasteiger partial charge is 0.252 e. The van der Waals surface area contributed by atoms with E-state index in [9.17, 15) is 9.18 Å². The van der Waals surface area contributed by atoms with Crippen LogP contribution in [-0.4, -0.2) is 31.0 Å². The van der Waals surface area contributed by atoms with Gasteiger partial charge < -0.3 is 20.8 Å². The van der Waals surface area contributed by atoms with E-state index in [0.29, 0.717) is 46.9 Å². The molecule has 0 radical (unpaired) electrons. The van der Waals surface area contributed by atoms with Crippen LogP contribution >= 0.6 is 11.6 Å². The predicted octanol–water partition coefficient (Wildman–Crippen LogP) is 8.76. The molecule has 2 aromatic rings. The predicted molar refractivity (Wildman–Crippen MR) is 176 cm³/mol. The molecule has 0 fully saturated rings. The summed E-state index contributed by atoms with van der Waals surface area (Å²) >= 11 is 6.57. The van der Waals surface area contributed by atoms with Gasteiger partial charge in [0, 0.05) is 35.6 Å². The maximum absolute atomic E-state index is 15.1. The van der Waals surface area contributed by atoms with Gasteiger partial charge in [0.2, 0.25) is 5.82 Å². The van der Waals surface area contributed by atoms with Crippen molar-refractivity contribution in [2.75, 3.05) is 19.0 Å². The molecule has 1 aliphatic heterocycles. The number of methoxy groups -OCH3 is 1. The molecular formula is C35H39ClF2N4O2. The molecule has 1 heterocycles. The Balaban J connectivity index is 1.45. The highest BCUT2D eigenvalue weighted by atomic mass is 35.5. The number of ether oxygens (including phenoxy) is 1. The molecule has 3 N–H and O–H groups in total. The molecule has 232 valence electrons. The number of hydrogen-bond donors (Lipinski definition) is 3. The summed E-state index contributed by atoms with van der Waals surface area (Å²) in [4.78, 5) is 17.6. The summed E-state index contributed by atoms with van der Waals surface area (Å²) in [6.07, 6.45) is 14.4. The van der Waals surface area contributed by atoms with Crippen molar-refractivity contribution in [3.63, 3.8) is 0 Å². The molecule has 1 unspecified atom stereocenters. The van der Waals surface area contributed by atoms with Crippen molar-refractivity contribution in [3.05, 3.63) is 100 Å². The number of fused-ring (bicyclic) bond motifs is 1. The highest BCUT2D eigenvalue weighted by Crippen LogP contribution is 2.39. The van der Waals surface area contributed by atoms with Crippen LogP contribution in [0.1, 0.15) is 62.4 Å². The molecule has 1 aliphatic carbocycles. The van der Waals surface area contributed by atoms with Crippen LogP contribution < -0.4 is 15.4 Å². The fraction of sp³-hybridized carbons (Fsp3) is 0.343. The maximum Gasteiger partial charge on any atom is 0.252 e. The molecule has 2 aromatic carbocycles. The lowest BCUT2D eigenvalue weighted by Gasteiger charge is -2.21. The lowest BCUT2D eigenvalue weighted by atomic mass is 9.86. The Morgan fingerprint density at radius 3 is 2.70 bits per heavy atom. The van der Waals surface area contributed by atoms with Gasteiger partial charge in [-0.05, 0) is 79.5 Å². The number of benzene rings is 2. The molecule has 4 rings (SSSR count). The van der Waals surface area contributed by atoms with Crippen LogP contribution in [0.5, 0.6) is 5.75 Å². The van der Waals surface area contributed by atoms with E-state index in [2.05, 4.69) is 27.8 Å². The average molecular weight is 621 g/mol. The molecule has 0 spiro atoms. The number of halogens is 3. The van der Waals surface area contributed by atoms with Gasteiger partial charge in [-0.1, -0.05) is 56.7 Å². The summed E-state index contributed by atoms with van der Waals surface area (Å²) in [7, 11) is 1.30. The van der Waals surface area contributed by atoms with Crippen LogP contribution in [-0.2, 0) is 0 Å². The summed E-state index contributed by atoms with van der Waals surface area (Å²) in [5.74, 6) is -2.27. The van der Waals surface area contributed by atoms with E-state index in [0.717, 1.165) is 24.3 Å². The molecule has 9 heteroatoms. The normalized spacial score (nSPS) is 19.1. The highest BCUT2D eigenvalue weighted by Gasteiger charge is 2.31. The minimum atomic E-state index is -1.02. The van der Waals surface area contributed by atoms with Crippen LogP contribution in [0, 0.1) is 34.8 Å². The Hall–Kier alpha value is -4.04. The number of nitrogens with one attached hydrogen (secondary N) is 3. The number of carbonyl (C=O) groups is 1. The Bertz CT molecular complexity index is 1560. The maximum atomic E-state index is 15.1. The zero-order chi connectivity index (χ0) is 31.8. The summed E-state index contributed by atoms with van der Waals surface area (Å²) < 4.78 is 34.6. The van der Waals surface area contributed by atoms with Crippen molar-refractivity contribution in [1.82, 2.24) is 5.32 Å². The van der Waals surface area contributed by atoms with Gasteiger partial charge in [-0.15, -0.1) is 0 Å². The van der Waals surface area contributed by atoms with Crippen LogP contribution in [0.2, 0.25) is 5.02 Å². The van der Waals surface area contributed by atoms with Crippen molar-refractivity contribution in [3.8, 4) is 5.75 Å². The monoisotopic (exact) mass is 620 g/mol. The lowest BCUT2D eigenvalue weighted by molar-refractivity contribution is 0.0948. The van der Waals surface area contributed by atoms with E-state index in [4.69, 9.17) is 21.7 Å². The molecule has 0 saturated carbocycles. The van der Waals surface area contributed by atoms with Gasteiger partial charge in [-0.3, -0.25) is 9.79 Å².